The zero-order valence-electron chi connectivity index (χ0n) is 62.3. The largest absolute Gasteiger partial charge is 0.494 e. The van der Waals surface area contributed by atoms with Crippen molar-refractivity contribution in [3.8, 4) is 5.75 Å². The first-order valence-corrected chi connectivity index (χ1v) is 36.4. The topological polar surface area (TPSA) is 488 Å². The van der Waals surface area contributed by atoms with Crippen LogP contribution < -0.4 is 46.8 Å². The van der Waals surface area contributed by atoms with Crippen LogP contribution in [-0.4, -0.2) is 304 Å². The SMILES string of the molecule is CCCOCCCNC(=O)[C@@H](CCC(=O)NC)NC(=O)CN1CCN(CC(=O)O)CCN(CC(=O)O)CCN(CC(=O)O)CC1.COCCOCCCNC(=O)CCCOc1cc(C)c(S(=O)(=O)NC(CNC(=O)c2cn(C)c3cc(CNc4ncc[nH]4)ccc3c2=O)C(=O)O)c(C)c1.O=C(C(=O)C(F)(F)F)C(F)(F)F. The summed E-state index contributed by atoms with van der Waals surface area (Å²) >= 11 is 0. The van der Waals surface area contributed by atoms with Crippen LogP contribution in [0.3, 0.4) is 0 Å². The Morgan fingerprint density at radius 3 is 1.67 bits per heavy atom. The number of benzene rings is 2. The number of nitrogens with zero attached hydrogens (tertiary/aromatic N) is 6. The van der Waals surface area contributed by atoms with E-state index in [4.69, 9.17) is 18.9 Å². The molecule has 4 aromatic rings. The molecule has 3 heterocycles. The van der Waals surface area contributed by atoms with Crippen LogP contribution in [0.1, 0.15) is 78.9 Å². The number of fused-ring (bicyclic) bond motifs is 1. The summed E-state index contributed by atoms with van der Waals surface area (Å²) in [5.74, 6) is -12.7. The minimum Gasteiger partial charge on any atom is -0.494 e. The highest BCUT2D eigenvalue weighted by atomic mass is 32.2. The van der Waals surface area contributed by atoms with Gasteiger partial charge in [0.25, 0.3) is 5.91 Å². The van der Waals surface area contributed by atoms with Crippen molar-refractivity contribution in [3.63, 3.8) is 0 Å². The molecule has 111 heavy (non-hydrogen) atoms. The minimum atomic E-state index is -5.77. The fourth-order valence-corrected chi connectivity index (χ4v) is 12.2. The predicted molar refractivity (Wildman–Crippen MR) is 385 cm³/mol. The van der Waals surface area contributed by atoms with Gasteiger partial charge in [0.1, 0.15) is 23.4 Å². The van der Waals surface area contributed by atoms with Gasteiger partial charge in [-0.25, -0.2) is 13.4 Å². The molecule has 43 heteroatoms. The van der Waals surface area contributed by atoms with E-state index in [9.17, 15) is 113 Å². The Hall–Kier alpha value is -9.76. The number of anilines is 1. The summed E-state index contributed by atoms with van der Waals surface area (Å²) in [6.07, 6.45) is -3.97. The molecular formula is C68H98F6N14O22S. The summed E-state index contributed by atoms with van der Waals surface area (Å²) in [5, 5.41) is 54.6. The van der Waals surface area contributed by atoms with Crippen LogP contribution in [0, 0.1) is 13.8 Å². The fraction of sp³-hybridized carbons (Fsp3) is 0.574. The lowest BCUT2D eigenvalue weighted by Crippen LogP contribution is -2.52. The highest BCUT2D eigenvalue weighted by molar-refractivity contribution is 7.89. The molecular weight excluding hydrogens is 1510 g/mol. The Morgan fingerprint density at radius 1 is 0.649 bits per heavy atom. The Kier molecular flexibility index (Phi) is 42.0. The highest BCUT2D eigenvalue weighted by Crippen LogP contribution is 2.27. The van der Waals surface area contributed by atoms with Gasteiger partial charge in [-0.3, -0.25) is 77.1 Å². The number of carboxylic acids is 4. The maximum absolute atomic E-state index is 13.5. The van der Waals surface area contributed by atoms with E-state index in [-0.39, 0.29) is 132 Å². The molecule has 1 aliphatic rings. The number of alkyl halides is 6. The molecule has 0 spiro atoms. The number of pyridine rings is 1. The quantitative estimate of drug-likeness (QED) is 0.0164. The van der Waals surface area contributed by atoms with Crippen LogP contribution in [0.5, 0.6) is 5.75 Å². The van der Waals surface area contributed by atoms with Gasteiger partial charge in [-0.1, -0.05) is 13.0 Å². The molecule has 620 valence electrons. The molecule has 5 rings (SSSR count). The molecule has 1 aliphatic heterocycles. The summed E-state index contributed by atoms with van der Waals surface area (Å²) < 4.78 is 119. The standard InChI is InChI=1S/C36H47N7O10S.C28H51N7O10.C4F6O2/c1-23-17-26(53-14-5-7-31(44)37-10-6-13-52-16-15-51-4)18-24(2)33(23)54(49,50)42-29(35(47)48)21-40-34(46)28-22-43(3)30-19-25(8-9-27(30)32(28)45)20-41-36-38-11-12-39-36;1-3-16-45-17-4-7-30-28(44)22(5-6-23(36)29-2)31-24(37)18-32-8-10-33(19-25(38)39)12-14-35(21-27(42)43)15-13-34(11-9-32)20-26(40)41;5-3(6,7)1(11)2(12)4(8,9)10/h8-9,11-12,17-19,22,29,42H,5-7,10,13-16,20-21H2,1-4H3,(H,37,44)(H,40,46)(H,47,48)(H2,38,39,41);22H,3-21H2,1-2H3,(H,29,36)(H,30,44)(H,31,37)(H,38,39)(H,40,41)(H,42,43);/t;22-;/m.1./s1. The number of carboxylic acid groups (broad SMARTS) is 4. The Bertz CT molecular complexity index is 3830. The van der Waals surface area contributed by atoms with E-state index >= 15 is 0 Å². The van der Waals surface area contributed by atoms with E-state index in [1.807, 2.05) is 6.92 Å². The van der Waals surface area contributed by atoms with Gasteiger partial charge in [0.15, 0.2) is 5.95 Å². The first kappa shape index (κ1) is 95.4. The number of methoxy groups -OCH3 is 1. The number of aryl methyl sites for hydroxylation is 3. The number of Topliss-reactive ketones (excluding diaryl/α,β-unsaturated/α-hetero) is 2. The van der Waals surface area contributed by atoms with Gasteiger partial charge >= 0.3 is 47.8 Å². The van der Waals surface area contributed by atoms with Crippen LogP contribution in [-0.2, 0) is 85.8 Å². The maximum atomic E-state index is 13.5. The lowest BCUT2D eigenvalue weighted by Gasteiger charge is -2.33. The Balaban J connectivity index is 0.000000507. The zero-order valence-corrected chi connectivity index (χ0v) is 63.1. The number of hydrogen-bond donors (Lipinski definition) is 12. The summed E-state index contributed by atoms with van der Waals surface area (Å²) in [5.41, 5.74) is 1.24. The van der Waals surface area contributed by atoms with Gasteiger partial charge in [0, 0.05) is 156 Å². The molecule has 1 unspecified atom stereocenters. The van der Waals surface area contributed by atoms with Crippen LogP contribution in [0.15, 0.2) is 58.6 Å². The molecule has 0 saturated carbocycles. The number of sulfonamides is 1. The minimum absolute atomic E-state index is 0.0192. The van der Waals surface area contributed by atoms with Crippen molar-refractivity contribution >= 4 is 91.9 Å². The van der Waals surface area contributed by atoms with Gasteiger partial charge in [0.05, 0.1) is 56.4 Å². The van der Waals surface area contributed by atoms with E-state index in [0.29, 0.717) is 100 Å². The predicted octanol–water partition coefficient (Wildman–Crippen LogP) is 0.635. The number of H-pyrrole nitrogens is 1. The lowest BCUT2D eigenvalue weighted by atomic mass is 10.1. The number of rotatable bonds is 42. The molecule has 36 nitrogen and oxygen atoms in total. The maximum Gasteiger partial charge on any atom is 0.458 e. The van der Waals surface area contributed by atoms with E-state index in [2.05, 4.69) is 46.6 Å². The van der Waals surface area contributed by atoms with Crippen LogP contribution in [0.2, 0.25) is 0 Å². The number of imidazole rings is 1. The smallest absolute Gasteiger partial charge is 0.458 e. The molecule has 2 aromatic heterocycles. The van der Waals surface area contributed by atoms with Crippen molar-refractivity contribution in [3.05, 3.63) is 81.4 Å². The van der Waals surface area contributed by atoms with Crippen molar-refractivity contribution in [1.29, 1.82) is 0 Å². The second kappa shape index (κ2) is 48.8. The second-order valence-electron chi connectivity index (χ2n) is 25.0. The molecule has 0 bridgehead atoms. The number of carbonyl (C=O) groups is 11. The fourth-order valence-electron chi connectivity index (χ4n) is 10.5. The summed E-state index contributed by atoms with van der Waals surface area (Å²) in [7, 11) is 0.346. The number of halogens is 6. The van der Waals surface area contributed by atoms with Crippen LogP contribution >= 0.6 is 0 Å². The van der Waals surface area contributed by atoms with Gasteiger partial charge in [0.2, 0.25) is 39.1 Å². The number of nitrogens with one attached hydrogen (secondary N) is 8. The average Bonchev–Trinajstić information content (AvgIpc) is 1.61. The average molecular weight is 1610 g/mol. The van der Waals surface area contributed by atoms with E-state index in [1.165, 1.54) is 25.4 Å². The monoisotopic (exact) mass is 1610 g/mol. The Morgan fingerprint density at radius 2 is 1.18 bits per heavy atom. The molecule has 0 radical (unpaired) electrons. The zero-order chi connectivity index (χ0) is 83.0. The van der Waals surface area contributed by atoms with Crippen molar-refractivity contribution in [1.82, 2.24) is 65.4 Å². The van der Waals surface area contributed by atoms with Crippen LogP contribution in [0.25, 0.3) is 10.9 Å². The molecule has 5 amide bonds. The molecule has 0 aliphatic carbocycles. The molecule has 1 fully saturated rings. The first-order chi connectivity index (χ1) is 52.3. The summed E-state index contributed by atoms with van der Waals surface area (Å²) in [4.78, 5) is 156. The Labute approximate surface area is 635 Å². The van der Waals surface area contributed by atoms with Gasteiger partial charge < -0.3 is 80.8 Å². The number of hydrogen-bond acceptors (Lipinski definition) is 24. The molecule has 12 N–H and O–H groups in total. The van der Waals surface area contributed by atoms with E-state index in [0.717, 1.165) is 12.0 Å². The number of ether oxygens (including phenoxy) is 4. The van der Waals surface area contributed by atoms with Gasteiger partial charge in [-0.15, -0.1) is 0 Å². The number of aromatic nitrogens is 3. The number of aromatic amines is 1. The lowest BCUT2D eigenvalue weighted by molar-refractivity contribution is -0.193. The van der Waals surface area contributed by atoms with Gasteiger partial charge in [-0.2, -0.15) is 31.1 Å². The normalized spacial score (nSPS) is 14.1. The van der Waals surface area contributed by atoms with E-state index in [1.54, 1.807) is 82.8 Å². The number of aliphatic carboxylic acids is 4. The van der Waals surface area contributed by atoms with Crippen molar-refractivity contribution in [2.45, 2.75) is 102 Å². The third kappa shape index (κ3) is 36.8. The van der Waals surface area contributed by atoms with E-state index < -0.39 is 99.6 Å². The highest BCUT2D eigenvalue weighted by Gasteiger charge is 2.54. The van der Waals surface area contributed by atoms with Crippen LogP contribution in [0.4, 0.5) is 32.3 Å². The number of amides is 5. The van der Waals surface area contributed by atoms with Crippen molar-refractivity contribution in [2.75, 3.05) is 157 Å². The van der Waals surface area contributed by atoms with Crippen molar-refractivity contribution < 1.29 is 127 Å². The third-order valence-electron chi connectivity index (χ3n) is 16.1. The first-order valence-electron chi connectivity index (χ1n) is 34.9. The summed E-state index contributed by atoms with van der Waals surface area (Å²) in [6.45, 7) is 9.62. The second-order valence-corrected chi connectivity index (χ2v) is 26.7. The third-order valence-corrected chi connectivity index (χ3v) is 17.8. The summed E-state index contributed by atoms with van der Waals surface area (Å²) in [6, 6.07) is 5.45. The number of ketones is 2. The van der Waals surface area contributed by atoms with Gasteiger partial charge in [-0.05, 0) is 86.9 Å². The molecule has 1 saturated heterocycles. The molecule has 2 aromatic carbocycles. The van der Waals surface area contributed by atoms with Crippen molar-refractivity contribution in [2.24, 2.45) is 7.05 Å². The number of carbonyl (C=O) groups excluding carboxylic acids is 7. The molecule has 2 atom stereocenters.